The molecule has 196 valence electrons. The molecular formula is C31H52O2Si2. The standard InChI is InChI=1S/C31H52O2Si2/c1-27(2)23-31(24-28(3)4,25-32-34(5,6)21-19-29-15-11-9-12-16-29)26-33-35(7,8)22-20-30-17-13-10-14-18-30/h9-18,27-28H,19-26H2,1-8H3. The van der Waals surface area contributed by atoms with Crippen LogP contribution < -0.4 is 0 Å². The minimum Gasteiger partial charge on any atom is -0.417 e. The summed E-state index contributed by atoms with van der Waals surface area (Å²) in [6.07, 6.45) is 4.55. The SMILES string of the molecule is CC(C)CC(CO[Si](C)(C)CCc1ccccc1)(CO[Si](C)(C)CCc1ccccc1)CC(C)C. The van der Waals surface area contributed by atoms with E-state index in [4.69, 9.17) is 8.85 Å². The van der Waals surface area contributed by atoms with E-state index < -0.39 is 16.6 Å². The van der Waals surface area contributed by atoms with Crippen LogP contribution in [0.15, 0.2) is 60.7 Å². The van der Waals surface area contributed by atoms with Gasteiger partial charge in [0.25, 0.3) is 0 Å². The second kappa shape index (κ2) is 13.9. The molecule has 2 rings (SSSR count). The fourth-order valence-corrected chi connectivity index (χ4v) is 8.58. The summed E-state index contributed by atoms with van der Waals surface area (Å²) in [7, 11) is -3.55. The van der Waals surface area contributed by atoms with Gasteiger partial charge in [-0.15, -0.1) is 0 Å². The Morgan fingerprint density at radius 3 is 1.26 bits per heavy atom. The maximum Gasteiger partial charge on any atom is 0.187 e. The van der Waals surface area contributed by atoms with Crippen LogP contribution in [0.25, 0.3) is 0 Å². The molecule has 0 aliphatic heterocycles. The van der Waals surface area contributed by atoms with Gasteiger partial charge in [-0.25, -0.2) is 0 Å². The fourth-order valence-electron chi connectivity index (χ4n) is 5.11. The highest BCUT2D eigenvalue weighted by Crippen LogP contribution is 2.37. The molecule has 0 spiro atoms. The van der Waals surface area contributed by atoms with Crippen molar-refractivity contribution in [2.75, 3.05) is 13.2 Å². The minimum absolute atomic E-state index is 0.0936. The van der Waals surface area contributed by atoms with E-state index in [2.05, 4.69) is 115 Å². The largest absolute Gasteiger partial charge is 0.417 e. The van der Waals surface area contributed by atoms with Gasteiger partial charge >= 0.3 is 0 Å². The topological polar surface area (TPSA) is 18.5 Å². The molecule has 2 nitrogen and oxygen atoms in total. The van der Waals surface area contributed by atoms with Crippen molar-refractivity contribution >= 4 is 16.6 Å². The summed E-state index contributed by atoms with van der Waals surface area (Å²) in [6.45, 7) is 20.7. The second-order valence-electron chi connectivity index (χ2n) is 12.8. The lowest BCUT2D eigenvalue weighted by atomic mass is 9.75. The molecule has 2 aromatic rings. The predicted molar refractivity (Wildman–Crippen MR) is 158 cm³/mol. The van der Waals surface area contributed by atoms with Gasteiger partial charge in [0.2, 0.25) is 0 Å². The fraction of sp³-hybridized carbons (Fsp3) is 0.613. The van der Waals surface area contributed by atoms with E-state index in [0.29, 0.717) is 11.8 Å². The molecule has 4 heteroatoms. The Hall–Kier alpha value is -1.21. The Balaban J connectivity index is 2.05. The van der Waals surface area contributed by atoms with Gasteiger partial charge in [-0.2, -0.15) is 0 Å². The zero-order chi connectivity index (χ0) is 26.0. The Kier molecular flexibility index (Phi) is 11.9. The van der Waals surface area contributed by atoms with Gasteiger partial charge in [0.15, 0.2) is 16.6 Å². The third kappa shape index (κ3) is 12.1. The zero-order valence-electron chi connectivity index (χ0n) is 23.9. The quantitative estimate of drug-likeness (QED) is 0.209. The van der Waals surface area contributed by atoms with Crippen LogP contribution in [-0.2, 0) is 21.7 Å². The van der Waals surface area contributed by atoms with Gasteiger partial charge in [0.05, 0.1) is 0 Å². The molecule has 2 aromatic carbocycles. The first-order valence-electron chi connectivity index (χ1n) is 13.8. The summed E-state index contributed by atoms with van der Waals surface area (Å²) >= 11 is 0. The van der Waals surface area contributed by atoms with Crippen molar-refractivity contribution < 1.29 is 8.85 Å². The van der Waals surface area contributed by atoms with Gasteiger partial charge < -0.3 is 8.85 Å². The van der Waals surface area contributed by atoms with Crippen molar-refractivity contribution in [3.8, 4) is 0 Å². The van der Waals surface area contributed by atoms with Crippen molar-refractivity contribution in [2.45, 2.75) is 91.7 Å². The smallest absolute Gasteiger partial charge is 0.187 e. The van der Waals surface area contributed by atoms with Crippen LogP contribution in [0.5, 0.6) is 0 Å². The summed E-state index contributed by atoms with van der Waals surface area (Å²) in [5.74, 6) is 1.26. The number of benzene rings is 2. The lowest BCUT2D eigenvalue weighted by molar-refractivity contribution is 0.0328. The number of hydrogen-bond acceptors (Lipinski definition) is 2. The van der Waals surface area contributed by atoms with Crippen LogP contribution in [0.3, 0.4) is 0 Å². The highest BCUT2D eigenvalue weighted by atomic mass is 28.4. The van der Waals surface area contributed by atoms with Gasteiger partial charge in [-0.3, -0.25) is 0 Å². The summed E-state index contributed by atoms with van der Waals surface area (Å²) < 4.78 is 13.8. The van der Waals surface area contributed by atoms with Crippen LogP contribution in [0.1, 0.15) is 51.7 Å². The van der Waals surface area contributed by atoms with Crippen LogP contribution in [0.2, 0.25) is 38.3 Å². The molecule has 35 heavy (non-hydrogen) atoms. The van der Waals surface area contributed by atoms with Gasteiger partial charge in [0.1, 0.15) is 0 Å². The molecular weight excluding hydrogens is 461 g/mol. The van der Waals surface area contributed by atoms with E-state index in [1.807, 2.05) is 0 Å². The molecule has 0 radical (unpaired) electrons. The lowest BCUT2D eigenvalue weighted by Crippen LogP contribution is -2.44. The molecule has 0 unspecified atom stereocenters. The molecule has 0 saturated carbocycles. The van der Waals surface area contributed by atoms with E-state index in [0.717, 1.165) is 51.0 Å². The van der Waals surface area contributed by atoms with E-state index in [1.54, 1.807) is 0 Å². The molecule has 0 N–H and O–H groups in total. The molecule has 0 aromatic heterocycles. The Morgan fingerprint density at radius 1 is 0.600 bits per heavy atom. The summed E-state index contributed by atoms with van der Waals surface area (Å²) in [4.78, 5) is 0. The third-order valence-corrected chi connectivity index (χ3v) is 11.7. The monoisotopic (exact) mass is 512 g/mol. The highest BCUT2D eigenvalue weighted by molar-refractivity contribution is 6.71. The molecule has 0 amide bonds. The number of aryl methyl sites for hydroxylation is 2. The minimum atomic E-state index is -1.78. The summed E-state index contributed by atoms with van der Waals surface area (Å²) in [6, 6.07) is 24.0. The summed E-state index contributed by atoms with van der Waals surface area (Å²) in [5, 5.41) is 0. The van der Waals surface area contributed by atoms with E-state index in [-0.39, 0.29) is 5.41 Å². The maximum absolute atomic E-state index is 6.89. The summed E-state index contributed by atoms with van der Waals surface area (Å²) in [5.41, 5.74) is 2.93. The second-order valence-corrected chi connectivity index (χ2v) is 21.4. The molecule has 0 fully saturated rings. The molecule has 0 bridgehead atoms. The maximum atomic E-state index is 6.89. The molecule has 0 atom stereocenters. The van der Waals surface area contributed by atoms with E-state index in [9.17, 15) is 0 Å². The first kappa shape index (κ1) is 30.0. The average Bonchev–Trinajstić information content (AvgIpc) is 2.80. The highest BCUT2D eigenvalue weighted by Gasteiger charge is 2.37. The van der Waals surface area contributed by atoms with Gasteiger partial charge in [-0.05, 0) is 86.9 Å². The van der Waals surface area contributed by atoms with E-state index in [1.165, 1.54) is 11.1 Å². The number of rotatable bonds is 16. The molecule has 0 heterocycles. The van der Waals surface area contributed by atoms with Gasteiger partial charge in [-0.1, -0.05) is 88.4 Å². The van der Waals surface area contributed by atoms with Gasteiger partial charge in [0, 0.05) is 18.6 Å². The Morgan fingerprint density at radius 2 is 0.943 bits per heavy atom. The van der Waals surface area contributed by atoms with Crippen molar-refractivity contribution in [3.63, 3.8) is 0 Å². The van der Waals surface area contributed by atoms with Crippen LogP contribution in [0, 0.1) is 17.3 Å². The normalized spacial score (nSPS) is 13.1. The Labute approximate surface area is 219 Å². The van der Waals surface area contributed by atoms with E-state index >= 15 is 0 Å². The first-order chi connectivity index (χ1) is 16.4. The molecule has 0 aliphatic carbocycles. The third-order valence-electron chi connectivity index (χ3n) is 6.94. The van der Waals surface area contributed by atoms with Crippen molar-refractivity contribution in [3.05, 3.63) is 71.8 Å². The van der Waals surface area contributed by atoms with Crippen LogP contribution in [0.4, 0.5) is 0 Å². The molecule has 0 saturated heterocycles. The predicted octanol–water partition coefficient (Wildman–Crippen LogP) is 8.99. The first-order valence-corrected chi connectivity index (χ1v) is 20.0. The molecule has 0 aliphatic rings. The Bertz CT molecular complexity index is 760. The lowest BCUT2D eigenvalue weighted by Gasteiger charge is -2.41. The van der Waals surface area contributed by atoms with Crippen LogP contribution in [-0.4, -0.2) is 29.8 Å². The van der Waals surface area contributed by atoms with Crippen molar-refractivity contribution in [2.24, 2.45) is 17.3 Å². The van der Waals surface area contributed by atoms with Crippen molar-refractivity contribution in [1.29, 1.82) is 0 Å². The van der Waals surface area contributed by atoms with Crippen molar-refractivity contribution in [1.82, 2.24) is 0 Å². The zero-order valence-corrected chi connectivity index (χ0v) is 25.9. The average molecular weight is 513 g/mol. The number of hydrogen-bond donors (Lipinski definition) is 0. The van der Waals surface area contributed by atoms with Crippen LogP contribution >= 0.6 is 0 Å².